The van der Waals surface area contributed by atoms with Crippen molar-refractivity contribution in [2.45, 2.75) is 45.1 Å². The number of carboxylic acid groups (broad SMARTS) is 1. The fourth-order valence-corrected chi connectivity index (χ4v) is 2.96. The van der Waals surface area contributed by atoms with E-state index in [4.69, 9.17) is 5.11 Å². The molecule has 2 rings (SSSR count). The van der Waals surface area contributed by atoms with Gasteiger partial charge in [0.15, 0.2) is 0 Å². The Balaban J connectivity index is 1.87. The van der Waals surface area contributed by atoms with Crippen LogP contribution in [0, 0.1) is 5.41 Å². The van der Waals surface area contributed by atoms with Crippen LogP contribution in [0.25, 0.3) is 0 Å². The Kier molecular flexibility index (Phi) is 4.71. The maximum absolute atomic E-state index is 12.0. The van der Waals surface area contributed by atoms with Gasteiger partial charge in [-0.15, -0.1) is 0 Å². The molecule has 5 nitrogen and oxygen atoms in total. The lowest BCUT2D eigenvalue weighted by Gasteiger charge is -2.26. The van der Waals surface area contributed by atoms with Gasteiger partial charge in [0.2, 0.25) is 5.91 Å². The van der Waals surface area contributed by atoms with Crippen LogP contribution < -0.4 is 5.32 Å². The van der Waals surface area contributed by atoms with Crippen LogP contribution >= 0.6 is 0 Å². The summed E-state index contributed by atoms with van der Waals surface area (Å²) in [4.78, 5) is 27.1. The van der Waals surface area contributed by atoms with Crippen LogP contribution in [0.2, 0.25) is 0 Å². The predicted octanol–water partition coefficient (Wildman–Crippen LogP) is 2.12. The zero-order valence-corrected chi connectivity index (χ0v) is 11.5. The summed E-state index contributed by atoms with van der Waals surface area (Å²) < 4.78 is 0. The lowest BCUT2D eigenvalue weighted by atomic mass is 9.79. The van der Waals surface area contributed by atoms with Gasteiger partial charge < -0.3 is 10.4 Å². The molecule has 1 aromatic rings. The van der Waals surface area contributed by atoms with Crippen LogP contribution in [0.3, 0.4) is 0 Å². The quantitative estimate of drug-likeness (QED) is 0.834. The van der Waals surface area contributed by atoms with Crippen LogP contribution in [0.5, 0.6) is 0 Å². The Bertz CT molecular complexity index is 467. The normalized spacial score (nSPS) is 16.8. The van der Waals surface area contributed by atoms with E-state index in [1.54, 1.807) is 6.20 Å². The standard InChI is InChI=1S/C15H20N2O3/c18-13(17-11-12-5-1-4-8-16-12)9-15(10-14(19)20)6-2-3-7-15/h1,4-5,8H,2-3,6-7,9-11H2,(H,17,18)(H,19,20). The molecule has 1 aromatic heterocycles. The van der Waals surface area contributed by atoms with Crippen LogP contribution in [-0.2, 0) is 16.1 Å². The minimum atomic E-state index is -0.815. The molecule has 0 radical (unpaired) electrons. The molecule has 0 bridgehead atoms. The van der Waals surface area contributed by atoms with Crippen molar-refractivity contribution in [3.63, 3.8) is 0 Å². The highest BCUT2D eigenvalue weighted by Crippen LogP contribution is 2.43. The Morgan fingerprint density at radius 1 is 1.25 bits per heavy atom. The third-order valence-corrected chi connectivity index (χ3v) is 3.92. The SMILES string of the molecule is O=C(O)CC1(CC(=O)NCc2ccccn2)CCCC1. The van der Waals surface area contributed by atoms with Gasteiger partial charge in [-0.2, -0.15) is 0 Å². The van der Waals surface area contributed by atoms with E-state index in [0.717, 1.165) is 31.4 Å². The molecule has 0 spiro atoms. The summed E-state index contributed by atoms with van der Waals surface area (Å²) in [5, 5.41) is 11.8. The van der Waals surface area contributed by atoms with Gasteiger partial charge in [-0.3, -0.25) is 14.6 Å². The Morgan fingerprint density at radius 2 is 2.00 bits per heavy atom. The van der Waals surface area contributed by atoms with E-state index in [-0.39, 0.29) is 17.7 Å². The number of amides is 1. The van der Waals surface area contributed by atoms with Crippen molar-refractivity contribution in [1.82, 2.24) is 10.3 Å². The predicted molar refractivity (Wildman–Crippen MR) is 73.9 cm³/mol. The maximum atomic E-state index is 12.0. The van der Waals surface area contributed by atoms with E-state index in [9.17, 15) is 9.59 Å². The highest BCUT2D eigenvalue weighted by Gasteiger charge is 2.37. The van der Waals surface area contributed by atoms with Crippen molar-refractivity contribution in [3.8, 4) is 0 Å². The third-order valence-electron chi connectivity index (χ3n) is 3.92. The lowest BCUT2D eigenvalue weighted by molar-refractivity contribution is -0.140. The van der Waals surface area contributed by atoms with Gasteiger partial charge in [-0.25, -0.2) is 0 Å². The number of nitrogens with one attached hydrogen (secondary N) is 1. The maximum Gasteiger partial charge on any atom is 0.303 e. The number of carbonyl (C=O) groups is 2. The number of hydrogen-bond donors (Lipinski definition) is 2. The molecule has 0 unspecified atom stereocenters. The van der Waals surface area contributed by atoms with Crippen LogP contribution in [-0.4, -0.2) is 22.0 Å². The molecule has 0 saturated heterocycles. The molecular formula is C15H20N2O3. The van der Waals surface area contributed by atoms with E-state index in [1.165, 1.54) is 0 Å². The summed E-state index contributed by atoms with van der Waals surface area (Å²) in [7, 11) is 0. The van der Waals surface area contributed by atoms with E-state index in [1.807, 2.05) is 18.2 Å². The van der Waals surface area contributed by atoms with Crippen molar-refractivity contribution >= 4 is 11.9 Å². The molecule has 108 valence electrons. The van der Waals surface area contributed by atoms with Crippen molar-refractivity contribution in [1.29, 1.82) is 0 Å². The molecule has 1 amide bonds. The van der Waals surface area contributed by atoms with Gasteiger partial charge >= 0.3 is 5.97 Å². The molecule has 20 heavy (non-hydrogen) atoms. The third kappa shape index (κ3) is 4.05. The number of nitrogens with zero attached hydrogens (tertiary/aromatic N) is 1. The summed E-state index contributed by atoms with van der Waals surface area (Å²) >= 11 is 0. The number of aromatic nitrogens is 1. The van der Waals surface area contributed by atoms with E-state index in [2.05, 4.69) is 10.3 Å². The number of carbonyl (C=O) groups excluding carboxylic acids is 1. The molecule has 2 N–H and O–H groups in total. The summed E-state index contributed by atoms with van der Waals surface area (Å²) in [5.41, 5.74) is 0.458. The molecule has 1 saturated carbocycles. The molecule has 5 heteroatoms. The molecule has 1 aliphatic carbocycles. The largest absolute Gasteiger partial charge is 0.481 e. The molecule has 1 aliphatic rings. The van der Waals surface area contributed by atoms with Gasteiger partial charge in [-0.1, -0.05) is 18.9 Å². The zero-order chi connectivity index (χ0) is 14.4. The van der Waals surface area contributed by atoms with Gasteiger partial charge in [0.1, 0.15) is 0 Å². The Hall–Kier alpha value is -1.91. The molecular weight excluding hydrogens is 256 g/mol. The smallest absolute Gasteiger partial charge is 0.303 e. The van der Waals surface area contributed by atoms with Gasteiger partial charge in [0.05, 0.1) is 18.7 Å². The monoisotopic (exact) mass is 276 g/mol. The lowest BCUT2D eigenvalue weighted by Crippen LogP contribution is -2.31. The summed E-state index contributed by atoms with van der Waals surface area (Å²) in [6, 6.07) is 5.55. The second-order valence-electron chi connectivity index (χ2n) is 5.55. The number of carboxylic acids is 1. The number of pyridine rings is 1. The van der Waals surface area contributed by atoms with E-state index >= 15 is 0 Å². The van der Waals surface area contributed by atoms with Crippen molar-refractivity contribution in [2.75, 3.05) is 0 Å². The minimum absolute atomic E-state index is 0.0844. The fraction of sp³-hybridized carbons (Fsp3) is 0.533. The summed E-state index contributed by atoms with van der Waals surface area (Å²) in [6.45, 7) is 0.392. The average Bonchev–Trinajstić information content (AvgIpc) is 2.85. The van der Waals surface area contributed by atoms with Gasteiger partial charge in [0.25, 0.3) is 0 Å². The zero-order valence-electron chi connectivity index (χ0n) is 11.5. The van der Waals surface area contributed by atoms with Crippen molar-refractivity contribution in [2.24, 2.45) is 5.41 Å². The molecule has 0 atom stereocenters. The first-order chi connectivity index (χ1) is 9.60. The number of hydrogen-bond acceptors (Lipinski definition) is 3. The molecule has 1 fully saturated rings. The van der Waals surface area contributed by atoms with Crippen LogP contribution in [0.15, 0.2) is 24.4 Å². The van der Waals surface area contributed by atoms with Crippen molar-refractivity contribution < 1.29 is 14.7 Å². The summed E-state index contributed by atoms with van der Waals surface area (Å²) in [6.07, 6.45) is 5.76. The molecule has 0 aromatic carbocycles. The van der Waals surface area contributed by atoms with E-state index in [0.29, 0.717) is 13.0 Å². The fourth-order valence-electron chi connectivity index (χ4n) is 2.96. The second-order valence-corrected chi connectivity index (χ2v) is 5.55. The Labute approximate surface area is 118 Å². The first-order valence-electron chi connectivity index (χ1n) is 6.98. The van der Waals surface area contributed by atoms with Gasteiger partial charge in [-0.05, 0) is 30.4 Å². The van der Waals surface area contributed by atoms with E-state index < -0.39 is 5.97 Å². The minimum Gasteiger partial charge on any atom is -0.481 e. The number of rotatable bonds is 6. The van der Waals surface area contributed by atoms with Crippen LogP contribution in [0.1, 0.15) is 44.2 Å². The highest BCUT2D eigenvalue weighted by molar-refractivity contribution is 5.78. The van der Waals surface area contributed by atoms with Crippen LogP contribution in [0.4, 0.5) is 0 Å². The average molecular weight is 276 g/mol. The summed E-state index contributed by atoms with van der Waals surface area (Å²) in [5.74, 6) is -0.900. The Morgan fingerprint density at radius 3 is 2.60 bits per heavy atom. The topological polar surface area (TPSA) is 79.3 Å². The first-order valence-corrected chi connectivity index (χ1v) is 6.98. The number of aliphatic carboxylic acids is 1. The molecule has 0 aliphatic heterocycles. The second kappa shape index (κ2) is 6.50. The molecule has 1 heterocycles. The van der Waals surface area contributed by atoms with Gasteiger partial charge in [0, 0.05) is 12.6 Å². The highest BCUT2D eigenvalue weighted by atomic mass is 16.4. The first kappa shape index (κ1) is 14.5. The van der Waals surface area contributed by atoms with Crippen molar-refractivity contribution in [3.05, 3.63) is 30.1 Å².